The van der Waals surface area contributed by atoms with Crippen molar-refractivity contribution in [1.82, 2.24) is 9.88 Å². The number of likely N-dealkylation sites (N-methyl/N-ethyl adjacent to an activating group) is 1. The number of hydrogen-bond donors (Lipinski definition) is 0. The quantitative estimate of drug-likeness (QED) is 0.512. The Balaban J connectivity index is 1.94. The molecule has 0 aliphatic rings. The fourth-order valence-corrected chi connectivity index (χ4v) is 4.39. The molecule has 3 rings (SSSR count). The lowest BCUT2D eigenvalue weighted by Crippen LogP contribution is -2.36. The van der Waals surface area contributed by atoms with Crippen LogP contribution in [0.2, 0.25) is 5.02 Å². The summed E-state index contributed by atoms with van der Waals surface area (Å²) in [5, 5.41) is 1.36. The maximum Gasteiger partial charge on any atom is 0.260 e. The fourth-order valence-electron chi connectivity index (χ4n) is 2.95. The lowest BCUT2D eigenvalue weighted by molar-refractivity contribution is 0.0985. The molecule has 1 amide bonds. The maximum absolute atomic E-state index is 13.3. The molecule has 0 bridgehead atoms. The molecule has 1 aromatic heterocycles. The Labute approximate surface area is 180 Å². The Kier molecular flexibility index (Phi) is 6.77. The summed E-state index contributed by atoms with van der Waals surface area (Å²) in [7, 11) is 3.98. The molecule has 5 nitrogen and oxygen atoms in total. The van der Waals surface area contributed by atoms with E-state index in [9.17, 15) is 4.79 Å². The third-order valence-corrected chi connectivity index (χ3v) is 5.60. The second kappa shape index (κ2) is 9.11. The van der Waals surface area contributed by atoms with E-state index in [0.29, 0.717) is 22.3 Å². The van der Waals surface area contributed by atoms with Crippen molar-refractivity contribution in [1.29, 1.82) is 0 Å². The molecule has 29 heavy (non-hydrogen) atoms. The van der Waals surface area contributed by atoms with Gasteiger partial charge in [-0.05, 0) is 76.8 Å². The van der Waals surface area contributed by atoms with Gasteiger partial charge < -0.3 is 9.64 Å². The second-order valence-corrected chi connectivity index (χ2v) is 8.96. The number of fused-ring (bicyclic) bond motifs is 1. The number of nitrogens with zero attached hydrogens (tertiary/aromatic N) is 3. The summed E-state index contributed by atoms with van der Waals surface area (Å²) in [6.45, 7) is 7.21. The number of ether oxygens (including phenoxy) is 1. The molecule has 0 aliphatic heterocycles. The van der Waals surface area contributed by atoms with Crippen LogP contribution in [0.25, 0.3) is 10.2 Å². The summed E-state index contributed by atoms with van der Waals surface area (Å²) in [6.07, 6.45) is 0.0888. The highest BCUT2D eigenvalue weighted by molar-refractivity contribution is 7.22. The molecule has 3 aromatic rings. The average molecular weight is 432 g/mol. The first-order valence-corrected chi connectivity index (χ1v) is 10.7. The Hall–Kier alpha value is -2.15. The van der Waals surface area contributed by atoms with E-state index in [1.807, 2.05) is 59.1 Å². The van der Waals surface area contributed by atoms with Gasteiger partial charge in [0.15, 0.2) is 5.13 Å². The topological polar surface area (TPSA) is 45.7 Å². The van der Waals surface area contributed by atoms with Gasteiger partial charge in [-0.1, -0.05) is 22.9 Å². The molecule has 0 atom stereocenters. The van der Waals surface area contributed by atoms with Crippen molar-refractivity contribution >= 4 is 44.2 Å². The molecule has 0 radical (unpaired) electrons. The normalized spacial score (nSPS) is 11.4. The zero-order valence-electron chi connectivity index (χ0n) is 17.4. The van der Waals surface area contributed by atoms with Gasteiger partial charge in [0.2, 0.25) is 0 Å². The van der Waals surface area contributed by atoms with Crippen LogP contribution in [-0.2, 0) is 0 Å². The number of thiazole rings is 1. The highest BCUT2D eigenvalue weighted by Gasteiger charge is 2.22. The minimum atomic E-state index is -0.0780. The minimum Gasteiger partial charge on any atom is -0.491 e. The second-order valence-electron chi connectivity index (χ2n) is 7.52. The molecule has 2 aromatic carbocycles. The van der Waals surface area contributed by atoms with E-state index in [-0.39, 0.29) is 12.0 Å². The lowest BCUT2D eigenvalue weighted by Gasteiger charge is -2.22. The highest BCUT2D eigenvalue weighted by Crippen LogP contribution is 2.33. The molecule has 154 valence electrons. The van der Waals surface area contributed by atoms with Crippen molar-refractivity contribution in [3.05, 3.63) is 52.5 Å². The van der Waals surface area contributed by atoms with Gasteiger partial charge in [-0.15, -0.1) is 0 Å². The van der Waals surface area contributed by atoms with Crippen molar-refractivity contribution < 1.29 is 9.53 Å². The van der Waals surface area contributed by atoms with Gasteiger partial charge in [-0.3, -0.25) is 9.69 Å². The number of carbonyl (C=O) groups excluding carboxylic acids is 1. The van der Waals surface area contributed by atoms with Gasteiger partial charge >= 0.3 is 0 Å². The summed E-state index contributed by atoms with van der Waals surface area (Å²) in [6, 6.07) is 11.1. The van der Waals surface area contributed by atoms with Gasteiger partial charge in [0, 0.05) is 23.7 Å². The molecule has 0 saturated carbocycles. The molecular weight excluding hydrogens is 406 g/mol. The van der Waals surface area contributed by atoms with Crippen LogP contribution in [-0.4, -0.2) is 49.1 Å². The van der Waals surface area contributed by atoms with E-state index >= 15 is 0 Å². The summed E-state index contributed by atoms with van der Waals surface area (Å²) in [5.74, 6) is 0.674. The molecule has 0 saturated heterocycles. The Morgan fingerprint density at radius 2 is 1.86 bits per heavy atom. The Morgan fingerprint density at radius 3 is 2.48 bits per heavy atom. The van der Waals surface area contributed by atoms with Crippen LogP contribution >= 0.6 is 22.9 Å². The molecule has 7 heteroatoms. The summed E-state index contributed by atoms with van der Waals surface area (Å²) in [5.41, 5.74) is 2.50. The number of carbonyl (C=O) groups is 1. The molecule has 0 aliphatic carbocycles. The van der Waals surface area contributed by atoms with E-state index < -0.39 is 0 Å². The van der Waals surface area contributed by atoms with Gasteiger partial charge in [-0.2, -0.15) is 0 Å². The van der Waals surface area contributed by atoms with E-state index in [0.717, 1.165) is 28.1 Å². The summed E-state index contributed by atoms with van der Waals surface area (Å²) < 4.78 is 6.66. The fraction of sp³-hybridized carbons (Fsp3) is 0.364. The van der Waals surface area contributed by atoms with E-state index in [2.05, 4.69) is 4.90 Å². The molecule has 1 heterocycles. The van der Waals surface area contributed by atoms with Crippen molar-refractivity contribution in [3.63, 3.8) is 0 Å². The number of halogens is 1. The minimum absolute atomic E-state index is 0.0780. The largest absolute Gasteiger partial charge is 0.491 e. The van der Waals surface area contributed by atoms with Gasteiger partial charge in [-0.25, -0.2) is 4.98 Å². The average Bonchev–Trinajstić information content (AvgIpc) is 3.05. The maximum atomic E-state index is 13.3. The van der Waals surface area contributed by atoms with E-state index in [4.69, 9.17) is 21.3 Å². The van der Waals surface area contributed by atoms with Crippen molar-refractivity contribution in [2.45, 2.75) is 26.9 Å². The SMILES string of the molecule is Cc1cc(Cl)cc2sc(N(CCN(C)C)C(=O)c3ccc(OC(C)C)cc3)nc12. The predicted octanol–water partition coefficient (Wildman–Crippen LogP) is 5.25. The van der Waals surface area contributed by atoms with Crippen LogP contribution in [0.1, 0.15) is 29.8 Å². The number of anilines is 1. The van der Waals surface area contributed by atoms with Crippen LogP contribution < -0.4 is 9.64 Å². The van der Waals surface area contributed by atoms with Crippen molar-refractivity contribution in [2.24, 2.45) is 0 Å². The summed E-state index contributed by atoms with van der Waals surface area (Å²) in [4.78, 5) is 21.9. The molecule has 0 spiro atoms. The smallest absolute Gasteiger partial charge is 0.260 e. The molecule has 0 fully saturated rings. The van der Waals surface area contributed by atoms with E-state index in [1.165, 1.54) is 11.3 Å². The zero-order chi connectivity index (χ0) is 21.1. The molecular formula is C22H26ClN3O2S. The van der Waals surface area contributed by atoms with Crippen LogP contribution in [0.15, 0.2) is 36.4 Å². The number of benzene rings is 2. The number of aromatic nitrogens is 1. The van der Waals surface area contributed by atoms with Gasteiger partial charge in [0.1, 0.15) is 5.75 Å². The Bertz CT molecular complexity index is 999. The Morgan fingerprint density at radius 1 is 1.17 bits per heavy atom. The number of aryl methyl sites for hydroxylation is 1. The van der Waals surface area contributed by atoms with Crippen LogP contribution in [0.4, 0.5) is 5.13 Å². The molecule has 0 unspecified atom stereocenters. The molecule has 0 N–H and O–H groups in total. The standard InChI is InChI=1S/C22H26ClN3O2S/c1-14(2)28-18-8-6-16(7-9-18)21(27)26(11-10-25(4)5)22-24-20-15(3)12-17(23)13-19(20)29-22/h6-9,12-14H,10-11H2,1-5H3. The van der Waals surface area contributed by atoms with E-state index in [1.54, 1.807) is 17.0 Å². The lowest BCUT2D eigenvalue weighted by atomic mass is 10.2. The zero-order valence-corrected chi connectivity index (χ0v) is 19.0. The third kappa shape index (κ3) is 5.26. The monoisotopic (exact) mass is 431 g/mol. The number of hydrogen-bond acceptors (Lipinski definition) is 5. The highest BCUT2D eigenvalue weighted by atomic mass is 35.5. The number of rotatable bonds is 7. The van der Waals surface area contributed by atoms with Crippen LogP contribution in [0.5, 0.6) is 5.75 Å². The first kappa shape index (κ1) is 21.6. The van der Waals surface area contributed by atoms with Gasteiger partial charge in [0.05, 0.1) is 16.3 Å². The van der Waals surface area contributed by atoms with Crippen LogP contribution in [0.3, 0.4) is 0 Å². The first-order chi connectivity index (χ1) is 13.7. The predicted molar refractivity (Wildman–Crippen MR) is 122 cm³/mol. The van der Waals surface area contributed by atoms with Gasteiger partial charge in [0.25, 0.3) is 5.91 Å². The van der Waals surface area contributed by atoms with Crippen molar-refractivity contribution in [2.75, 3.05) is 32.1 Å². The third-order valence-electron chi connectivity index (χ3n) is 4.36. The van der Waals surface area contributed by atoms with Crippen LogP contribution in [0, 0.1) is 6.92 Å². The summed E-state index contributed by atoms with van der Waals surface area (Å²) >= 11 is 7.69. The van der Waals surface area contributed by atoms with Crippen molar-refractivity contribution in [3.8, 4) is 5.75 Å². The first-order valence-electron chi connectivity index (χ1n) is 9.54. The number of amides is 1.